The Kier molecular flexibility index (Phi) is 6.07. The lowest BCUT2D eigenvalue weighted by molar-refractivity contribution is -0.119. The van der Waals surface area contributed by atoms with E-state index in [1.807, 2.05) is 84.3 Å². The number of carbonyl (C=O) groups excluding carboxylic acids is 2. The Morgan fingerprint density at radius 2 is 1.74 bits per heavy atom. The van der Waals surface area contributed by atoms with Crippen LogP contribution < -0.4 is 9.80 Å². The molecular weight excluding hydrogens is 448 g/mol. The molecular formula is C27H25ClN4O2. The SMILES string of the molecule is CCN(C(=O)Cn1c(C2CC(=O)N(c3ccccc3Cl)C2)nc2ccccc21)c1ccccc1. The van der Waals surface area contributed by atoms with Crippen LogP contribution in [0.3, 0.4) is 0 Å². The minimum atomic E-state index is -0.143. The van der Waals surface area contributed by atoms with Gasteiger partial charge in [-0.25, -0.2) is 4.98 Å². The fraction of sp³-hybridized carbons (Fsp3) is 0.222. The van der Waals surface area contributed by atoms with Crippen LogP contribution in [0.1, 0.15) is 25.1 Å². The average Bonchev–Trinajstić information content (AvgIpc) is 3.41. The van der Waals surface area contributed by atoms with Crippen LogP contribution in [0.2, 0.25) is 5.02 Å². The fourth-order valence-corrected chi connectivity index (χ4v) is 4.93. The van der Waals surface area contributed by atoms with E-state index in [0.717, 1.165) is 22.5 Å². The van der Waals surface area contributed by atoms with Crippen LogP contribution in [0.25, 0.3) is 11.0 Å². The van der Waals surface area contributed by atoms with E-state index >= 15 is 0 Å². The van der Waals surface area contributed by atoms with Gasteiger partial charge in [-0.2, -0.15) is 0 Å². The van der Waals surface area contributed by atoms with Crippen LogP contribution in [-0.4, -0.2) is 34.5 Å². The van der Waals surface area contributed by atoms with Crippen LogP contribution in [0.5, 0.6) is 0 Å². The Morgan fingerprint density at radius 1 is 1.03 bits per heavy atom. The molecule has 1 aliphatic rings. The maximum atomic E-state index is 13.4. The first kappa shape index (κ1) is 22.2. The summed E-state index contributed by atoms with van der Waals surface area (Å²) >= 11 is 6.37. The first-order chi connectivity index (χ1) is 16.6. The summed E-state index contributed by atoms with van der Waals surface area (Å²) in [5, 5.41) is 0.543. The van der Waals surface area contributed by atoms with Crippen molar-refractivity contribution in [2.75, 3.05) is 22.9 Å². The molecule has 7 heteroatoms. The fourth-order valence-electron chi connectivity index (χ4n) is 4.69. The summed E-state index contributed by atoms with van der Waals surface area (Å²) in [4.78, 5) is 34.8. The van der Waals surface area contributed by atoms with Gasteiger partial charge < -0.3 is 14.4 Å². The zero-order chi connectivity index (χ0) is 23.7. The molecule has 1 saturated heterocycles. The van der Waals surface area contributed by atoms with E-state index in [1.54, 1.807) is 15.9 Å². The first-order valence-corrected chi connectivity index (χ1v) is 11.8. The van der Waals surface area contributed by atoms with Crippen LogP contribution in [0, 0.1) is 0 Å². The molecule has 5 rings (SSSR count). The highest BCUT2D eigenvalue weighted by atomic mass is 35.5. The number of hydrogen-bond donors (Lipinski definition) is 0. The molecule has 0 aliphatic carbocycles. The number of halogens is 1. The number of nitrogens with zero attached hydrogens (tertiary/aromatic N) is 4. The van der Waals surface area contributed by atoms with E-state index in [2.05, 4.69) is 0 Å². The molecule has 1 unspecified atom stereocenters. The molecule has 0 N–H and O–H groups in total. The second-order valence-electron chi connectivity index (χ2n) is 8.38. The number of hydrogen-bond acceptors (Lipinski definition) is 3. The number of para-hydroxylation sites is 4. The molecule has 0 saturated carbocycles. The lowest BCUT2D eigenvalue weighted by atomic mass is 10.1. The number of anilines is 2. The number of carbonyl (C=O) groups is 2. The summed E-state index contributed by atoms with van der Waals surface area (Å²) < 4.78 is 1.97. The van der Waals surface area contributed by atoms with Crippen molar-refractivity contribution in [3.63, 3.8) is 0 Å². The molecule has 0 spiro atoms. The molecule has 4 aromatic rings. The number of imidazole rings is 1. The van der Waals surface area contributed by atoms with E-state index in [9.17, 15) is 9.59 Å². The van der Waals surface area contributed by atoms with Gasteiger partial charge in [0.15, 0.2) is 0 Å². The third kappa shape index (κ3) is 4.05. The van der Waals surface area contributed by atoms with Crippen molar-refractivity contribution in [3.8, 4) is 0 Å². The van der Waals surface area contributed by atoms with Gasteiger partial charge in [0.25, 0.3) is 0 Å². The summed E-state index contributed by atoms with van der Waals surface area (Å²) in [7, 11) is 0. The lowest BCUT2D eigenvalue weighted by Gasteiger charge is -2.23. The number of likely N-dealkylation sites (N-methyl/N-ethyl adjacent to an activating group) is 1. The molecule has 1 fully saturated rings. The summed E-state index contributed by atoms with van der Waals surface area (Å²) in [6.07, 6.45) is 0.318. The maximum absolute atomic E-state index is 13.4. The zero-order valence-corrected chi connectivity index (χ0v) is 19.7. The van der Waals surface area contributed by atoms with Crippen LogP contribution in [0.15, 0.2) is 78.9 Å². The van der Waals surface area contributed by atoms with E-state index in [0.29, 0.717) is 30.2 Å². The summed E-state index contributed by atoms with van der Waals surface area (Å²) in [6.45, 7) is 3.15. The summed E-state index contributed by atoms with van der Waals surface area (Å²) in [5.74, 6) is 0.588. The summed E-state index contributed by atoms with van der Waals surface area (Å²) in [5.41, 5.74) is 3.27. The van der Waals surface area contributed by atoms with Gasteiger partial charge in [-0.15, -0.1) is 0 Å². The molecule has 1 aromatic heterocycles. The van der Waals surface area contributed by atoms with Crippen molar-refractivity contribution in [1.29, 1.82) is 0 Å². The van der Waals surface area contributed by atoms with E-state index in [1.165, 1.54) is 0 Å². The highest BCUT2D eigenvalue weighted by molar-refractivity contribution is 6.33. The van der Waals surface area contributed by atoms with Crippen molar-refractivity contribution in [3.05, 3.63) is 89.7 Å². The van der Waals surface area contributed by atoms with Crippen molar-refractivity contribution in [1.82, 2.24) is 9.55 Å². The maximum Gasteiger partial charge on any atom is 0.246 e. The standard InChI is InChI=1S/C27H25ClN4O2/c1-2-30(20-10-4-3-5-11-20)26(34)18-32-24-15-9-7-13-22(24)29-27(32)19-16-25(33)31(17-19)23-14-8-6-12-21(23)28/h3-15,19H,2,16-18H2,1H3. The van der Waals surface area contributed by atoms with Gasteiger partial charge in [0.1, 0.15) is 12.4 Å². The zero-order valence-electron chi connectivity index (χ0n) is 18.9. The van der Waals surface area contributed by atoms with Gasteiger partial charge in [-0.05, 0) is 43.3 Å². The molecule has 2 heterocycles. The molecule has 1 atom stereocenters. The van der Waals surface area contributed by atoms with E-state index in [4.69, 9.17) is 16.6 Å². The van der Waals surface area contributed by atoms with Crippen LogP contribution >= 0.6 is 11.6 Å². The van der Waals surface area contributed by atoms with E-state index in [-0.39, 0.29) is 24.3 Å². The highest BCUT2D eigenvalue weighted by Crippen LogP contribution is 2.36. The molecule has 2 amide bonds. The number of aromatic nitrogens is 2. The minimum Gasteiger partial charge on any atom is -0.318 e. The Labute approximate surface area is 203 Å². The molecule has 3 aromatic carbocycles. The van der Waals surface area contributed by atoms with Crippen LogP contribution in [0.4, 0.5) is 11.4 Å². The smallest absolute Gasteiger partial charge is 0.246 e. The Hall–Kier alpha value is -3.64. The average molecular weight is 473 g/mol. The molecule has 172 valence electrons. The molecule has 6 nitrogen and oxygen atoms in total. The molecule has 34 heavy (non-hydrogen) atoms. The van der Waals surface area contributed by atoms with Crippen molar-refractivity contribution < 1.29 is 9.59 Å². The van der Waals surface area contributed by atoms with Gasteiger partial charge in [-0.1, -0.05) is 54.1 Å². The largest absolute Gasteiger partial charge is 0.318 e. The summed E-state index contributed by atoms with van der Waals surface area (Å²) in [6, 6.07) is 24.8. The number of benzene rings is 3. The van der Waals surface area contributed by atoms with Gasteiger partial charge in [0, 0.05) is 31.1 Å². The lowest BCUT2D eigenvalue weighted by Crippen LogP contribution is -2.34. The monoisotopic (exact) mass is 472 g/mol. The molecule has 1 aliphatic heterocycles. The third-order valence-electron chi connectivity index (χ3n) is 6.30. The third-order valence-corrected chi connectivity index (χ3v) is 6.62. The van der Waals surface area contributed by atoms with Crippen molar-refractivity contribution >= 4 is 45.8 Å². The second-order valence-corrected chi connectivity index (χ2v) is 8.78. The molecule has 0 radical (unpaired) electrons. The highest BCUT2D eigenvalue weighted by Gasteiger charge is 2.36. The van der Waals surface area contributed by atoms with Crippen molar-refractivity contribution in [2.24, 2.45) is 0 Å². The molecule has 0 bridgehead atoms. The number of rotatable bonds is 6. The first-order valence-electron chi connectivity index (χ1n) is 11.4. The van der Waals surface area contributed by atoms with Gasteiger partial charge in [0.05, 0.1) is 21.7 Å². The number of fused-ring (bicyclic) bond motifs is 1. The predicted octanol–water partition coefficient (Wildman–Crippen LogP) is 5.26. The Morgan fingerprint density at radius 3 is 2.50 bits per heavy atom. The normalized spacial score (nSPS) is 15.8. The van der Waals surface area contributed by atoms with E-state index < -0.39 is 0 Å². The van der Waals surface area contributed by atoms with Gasteiger partial charge in [0.2, 0.25) is 11.8 Å². The van der Waals surface area contributed by atoms with Gasteiger partial charge in [-0.3, -0.25) is 9.59 Å². The Bertz CT molecular complexity index is 1350. The van der Waals surface area contributed by atoms with Crippen molar-refractivity contribution in [2.45, 2.75) is 25.8 Å². The quantitative estimate of drug-likeness (QED) is 0.384. The second kappa shape index (κ2) is 9.31. The Balaban J connectivity index is 1.49. The topological polar surface area (TPSA) is 58.4 Å². The minimum absolute atomic E-state index is 0.00232. The predicted molar refractivity (Wildman–Crippen MR) is 135 cm³/mol. The van der Waals surface area contributed by atoms with Gasteiger partial charge >= 0.3 is 0 Å². The van der Waals surface area contributed by atoms with Crippen LogP contribution in [-0.2, 0) is 16.1 Å². The number of amides is 2.